The molecule has 3 aromatic rings. The van der Waals surface area contributed by atoms with Gasteiger partial charge in [0.15, 0.2) is 18.1 Å². The van der Waals surface area contributed by atoms with E-state index in [0.717, 1.165) is 10.8 Å². The largest absolute Gasteiger partial charge is 0.493 e. The van der Waals surface area contributed by atoms with Crippen LogP contribution in [0.2, 0.25) is 0 Å². The number of methoxy groups -OCH3 is 1. The maximum Gasteiger partial charge on any atom is 0.260 e. The van der Waals surface area contributed by atoms with Crippen LogP contribution >= 0.6 is 0 Å². The van der Waals surface area contributed by atoms with Crippen LogP contribution in [0.3, 0.4) is 0 Å². The predicted molar refractivity (Wildman–Crippen MR) is 122 cm³/mol. The highest BCUT2D eigenvalue weighted by molar-refractivity contribution is 7.89. The third-order valence-corrected chi connectivity index (χ3v) is 7.55. The summed E-state index contributed by atoms with van der Waals surface area (Å²) < 4.78 is 38.8. The SMILES string of the molecule is COc1ccccc1OCC(=O)N1CCN(S(=O)(=O)c2ccc3ccccc3c2)C[C@H]1C. The van der Waals surface area contributed by atoms with Gasteiger partial charge in [-0.2, -0.15) is 4.31 Å². The Balaban J connectivity index is 1.42. The average Bonchev–Trinajstić information content (AvgIpc) is 2.82. The van der Waals surface area contributed by atoms with Gasteiger partial charge in [0.1, 0.15) is 0 Å². The van der Waals surface area contributed by atoms with Gasteiger partial charge in [0.25, 0.3) is 5.91 Å². The number of hydrogen-bond acceptors (Lipinski definition) is 5. The van der Waals surface area contributed by atoms with E-state index in [1.165, 1.54) is 4.31 Å². The van der Waals surface area contributed by atoms with Crippen molar-refractivity contribution in [3.8, 4) is 11.5 Å². The van der Waals surface area contributed by atoms with E-state index in [9.17, 15) is 13.2 Å². The molecular weight excluding hydrogens is 428 g/mol. The number of fused-ring (bicyclic) bond motifs is 1. The number of rotatable bonds is 6. The Kier molecular flexibility index (Phi) is 6.34. The molecule has 0 radical (unpaired) electrons. The lowest BCUT2D eigenvalue weighted by Gasteiger charge is -2.39. The van der Waals surface area contributed by atoms with Gasteiger partial charge >= 0.3 is 0 Å². The van der Waals surface area contributed by atoms with Gasteiger partial charge < -0.3 is 14.4 Å². The Morgan fingerprint density at radius 3 is 2.38 bits per heavy atom. The van der Waals surface area contributed by atoms with Gasteiger partial charge in [-0.3, -0.25) is 4.79 Å². The standard InChI is InChI=1S/C24H26N2O5S/c1-18-16-25(32(28,29)21-12-11-19-7-3-4-8-20(19)15-21)13-14-26(18)24(27)17-31-23-10-6-5-9-22(23)30-2/h3-12,15,18H,13-14,16-17H2,1-2H3/t18-/m1/s1. The van der Waals surface area contributed by atoms with Crippen LogP contribution in [0.15, 0.2) is 71.6 Å². The summed E-state index contributed by atoms with van der Waals surface area (Å²) in [7, 11) is -2.11. The molecule has 32 heavy (non-hydrogen) atoms. The minimum atomic E-state index is -3.65. The summed E-state index contributed by atoms with van der Waals surface area (Å²) >= 11 is 0. The van der Waals surface area contributed by atoms with Gasteiger partial charge in [0.05, 0.1) is 12.0 Å². The molecule has 3 aromatic carbocycles. The van der Waals surface area contributed by atoms with Crippen LogP contribution in [0.1, 0.15) is 6.92 Å². The molecule has 0 bridgehead atoms. The molecule has 1 heterocycles. The maximum absolute atomic E-state index is 13.2. The number of carbonyl (C=O) groups excluding carboxylic acids is 1. The zero-order valence-electron chi connectivity index (χ0n) is 18.1. The lowest BCUT2D eigenvalue weighted by atomic mass is 10.1. The summed E-state index contributed by atoms with van der Waals surface area (Å²) in [5, 5.41) is 1.87. The highest BCUT2D eigenvalue weighted by Crippen LogP contribution is 2.27. The molecule has 0 unspecified atom stereocenters. The van der Waals surface area contributed by atoms with Gasteiger partial charge in [0.2, 0.25) is 10.0 Å². The molecule has 1 saturated heterocycles. The minimum absolute atomic E-state index is 0.137. The van der Waals surface area contributed by atoms with Crippen molar-refractivity contribution in [2.45, 2.75) is 17.9 Å². The first kappa shape index (κ1) is 22.1. The van der Waals surface area contributed by atoms with Crippen LogP contribution in [0, 0.1) is 0 Å². The summed E-state index contributed by atoms with van der Waals surface area (Å²) in [5.74, 6) is 0.860. The van der Waals surface area contributed by atoms with Crippen molar-refractivity contribution in [3.63, 3.8) is 0 Å². The summed E-state index contributed by atoms with van der Waals surface area (Å²) in [6, 6.07) is 19.7. The third kappa shape index (κ3) is 4.42. The van der Waals surface area contributed by atoms with E-state index in [-0.39, 0.29) is 36.5 Å². The fourth-order valence-corrected chi connectivity index (χ4v) is 5.50. The predicted octanol–water partition coefficient (Wildman–Crippen LogP) is 3.15. The van der Waals surface area contributed by atoms with E-state index < -0.39 is 10.0 Å². The second kappa shape index (κ2) is 9.18. The van der Waals surface area contributed by atoms with E-state index in [1.807, 2.05) is 43.3 Å². The zero-order valence-corrected chi connectivity index (χ0v) is 18.9. The van der Waals surface area contributed by atoms with Crippen molar-refractivity contribution >= 4 is 26.7 Å². The quantitative estimate of drug-likeness (QED) is 0.572. The van der Waals surface area contributed by atoms with Crippen molar-refractivity contribution in [1.29, 1.82) is 0 Å². The van der Waals surface area contributed by atoms with E-state index in [4.69, 9.17) is 9.47 Å². The van der Waals surface area contributed by atoms with Gasteiger partial charge in [0, 0.05) is 25.7 Å². The highest BCUT2D eigenvalue weighted by atomic mass is 32.2. The molecule has 7 nitrogen and oxygen atoms in total. The molecule has 0 aromatic heterocycles. The van der Waals surface area contributed by atoms with Crippen molar-refractivity contribution in [2.24, 2.45) is 0 Å². The molecule has 1 atom stereocenters. The topological polar surface area (TPSA) is 76.2 Å². The number of benzene rings is 3. The molecule has 0 saturated carbocycles. The lowest BCUT2D eigenvalue weighted by Crippen LogP contribution is -2.56. The number of nitrogens with zero attached hydrogens (tertiary/aromatic N) is 2. The van der Waals surface area contributed by atoms with Gasteiger partial charge in [-0.05, 0) is 42.0 Å². The van der Waals surface area contributed by atoms with Crippen LogP contribution in [0.25, 0.3) is 10.8 Å². The second-order valence-corrected chi connectivity index (χ2v) is 9.69. The van der Waals surface area contributed by atoms with Crippen LogP contribution in [0.5, 0.6) is 11.5 Å². The van der Waals surface area contributed by atoms with Crippen LogP contribution in [-0.4, -0.2) is 62.9 Å². The lowest BCUT2D eigenvalue weighted by molar-refractivity contribution is -0.137. The Labute approximate surface area is 188 Å². The average molecular weight is 455 g/mol. The number of sulfonamides is 1. The fourth-order valence-electron chi connectivity index (χ4n) is 3.95. The summed E-state index contributed by atoms with van der Waals surface area (Å²) in [4.78, 5) is 14.7. The Bertz CT molecular complexity index is 1230. The normalized spacial score (nSPS) is 17.3. The number of hydrogen-bond donors (Lipinski definition) is 0. The molecule has 0 N–H and O–H groups in total. The van der Waals surface area contributed by atoms with Crippen molar-refractivity contribution < 1.29 is 22.7 Å². The first-order valence-electron chi connectivity index (χ1n) is 10.4. The van der Waals surface area contributed by atoms with Crippen LogP contribution in [0.4, 0.5) is 0 Å². The van der Waals surface area contributed by atoms with Gasteiger partial charge in [-0.15, -0.1) is 0 Å². The molecule has 0 spiro atoms. The van der Waals surface area contributed by atoms with E-state index >= 15 is 0 Å². The number of piperazine rings is 1. The van der Waals surface area contributed by atoms with E-state index in [1.54, 1.807) is 42.3 Å². The fraction of sp³-hybridized carbons (Fsp3) is 0.292. The van der Waals surface area contributed by atoms with Crippen LogP contribution < -0.4 is 9.47 Å². The van der Waals surface area contributed by atoms with Crippen LogP contribution in [-0.2, 0) is 14.8 Å². The van der Waals surface area contributed by atoms with Gasteiger partial charge in [-0.25, -0.2) is 8.42 Å². The smallest absolute Gasteiger partial charge is 0.260 e. The van der Waals surface area contributed by atoms with E-state index in [2.05, 4.69) is 0 Å². The summed E-state index contributed by atoms with van der Waals surface area (Å²) in [5.41, 5.74) is 0. The second-order valence-electron chi connectivity index (χ2n) is 7.75. The van der Waals surface area contributed by atoms with E-state index in [0.29, 0.717) is 18.0 Å². The minimum Gasteiger partial charge on any atom is -0.493 e. The van der Waals surface area contributed by atoms with Crippen molar-refractivity contribution in [3.05, 3.63) is 66.7 Å². The maximum atomic E-state index is 13.2. The van der Waals surface area contributed by atoms with Crippen molar-refractivity contribution in [1.82, 2.24) is 9.21 Å². The zero-order chi connectivity index (χ0) is 22.7. The molecule has 0 aliphatic carbocycles. The number of amides is 1. The highest BCUT2D eigenvalue weighted by Gasteiger charge is 2.34. The molecule has 8 heteroatoms. The molecule has 4 rings (SSSR count). The molecule has 1 amide bonds. The third-order valence-electron chi connectivity index (χ3n) is 5.69. The Morgan fingerprint density at radius 1 is 0.969 bits per heavy atom. The number of para-hydroxylation sites is 2. The summed E-state index contributed by atoms with van der Waals surface area (Å²) in [6.07, 6.45) is 0. The van der Waals surface area contributed by atoms with Crippen molar-refractivity contribution in [2.75, 3.05) is 33.4 Å². The Hall–Kier alpha value is -3.10. The molecule has 1 fully saturated rings. The Morgan fingerprint density at radius 2 is 1.66 bits per heavy atom. The first-order valence-corrected chi connectivity index (χ1v) is 11.9. The monoisotopic (exact) mass is 454 g/mol. The molecule has 168 valence electrons. The number of ether oxygens (including phenoxy) is 2. The molecular formula is C24H26N2O5S. The molecule has 1 aliphatic heterocycles. The first-order chi connectivity index (χ1) is 15.4. The van der Waals surface area contributed by atoms with Gasteiger partial charge in [-0.1, -0.05) is 42.5 Å². The summed E-state index contributed by atoms with van der Waals surface area (Å²) in [6.45, 7) is 2.49. The number of carbonyl (C=O) groups is 1. The molecule has 1 aliphatic rings.